The average molecular weight is 180 g/mol. The number of aromatic nitrogens is 1. The van der Waals surface area contributed by atoms with Crippen LogP contribution < -0.4 is 5.56 Å². The van der Waals surface area contributed by atoms with Crippen molar-refractivity contribution in [2.75, 3.05) is 0 Å². The highest BCUT2D eigenvalue weighted by Gasteiger charge is 2.22. The van der Waals surface area contributed by atoms with Crippen molar-refractivity contribution in [3.63, 3.8) is 0 Å². The Morgan fingerprint density at radius 3 is 2.92 bits per heavy atom. The van der Waals surface area contributed by atoms with Crippen LogP contribution in [0.25, 0.3) is 0 Å². The van der Waals surface area contributed by atoms with E-state index in [0.29, 0.717) is 12.2 Å². The zero-order chi connectivity index (χ0) is 9.42. The van der Waals surface area contributed by atoms with E-state index in [0.717, 1.165) is 5.56 Å². The van der Waals surface area contributed by atoms with Crippen LogP contribution in [0.5, 0.6) is 0 Å². The minimum absolute atomic E-state index is 0.189. The van der Waals surface area contributed by atoms with Gasteiger partial charge in [0.05, 0.1) is 13.1 Å². The topological polar surface area (TPSA) is 73.4 Å². The highest BCUT2D eigenvalue weighted by Crippen LogP contribution is 2.18. The second-order valence-corrected chi connectivity index (χ2v) is 2.97. The number of hydrogen-bond acceptors (Lipinski definition) is 2. The van der Waals surface area contributed by atoms with Crippen LogP contribution in [0.15, 0.2) is 16.9 Å². The van der Waals surface area contributed by atoms with Crippen LogP contribution in [0.4, 0.5) is 4.79 Å². The highest BCUT2D eigenvalue weighted by atomic mass is 16.4. The van der Waals surface area contributed by atoms with Gasteiger partial charge in [0.25, 0.3) is 0 Å². The van der Waals surface area contributed by atoms with E-state index >= 15 is 0 Å². The van der Waals surface area contributed by atoms with E-state index in [1.807, 2.05) is 0 Å². The van der Waals surface area contributed by atoms with Gasteiger partial charge in [-0.1, -0.05) is 0 Å². The standard InChI is InChI=1S/C8H8N2O3/c11-7-2-1-5-3-10(8(12)13)4-6(5)9-7/h1-2H,3-4H2,(H,9,11)(H,12,13). The number of fused-ring (bicyclic) bond motifs is 1. The molecule has 1 aromatic rings. The van der Waals surface area contributed by atoms with Crippen molar-refractivity contribution < 1.29 is 9.90 Å². The summed E-state index contributed by atoms with van der Waals surface area (Å²) in [4.78, 5) is 25.3. The van der Waals surface area contributed by atoms with E-state index in [4.69, 9.17) is 5.11 Å². The van der Waals surface area contributed by atoms with Crippen molar-refractivity contribution in [3.05, 3.63) is 33.7 Å². The normalized spacial score (nSPS) is 14.3. The van der Waals surface area contributed by atoms with Gasteiger partial charge in [0.1, 0.15) is 0 Å². The summed E-state index contributed by atoms with van der Waals surface area (Å²) in [5.74, 6) is 0. The minimum atomic E-state index is -0.961. The lowest BCUT2D eigenvalue weighted by Gasteiger charge is -2.08. The Morgan fingerprint density at radius 2 is 2.23 bits per heavy atom. The van der Waals surface area contributed by atoms with Crippen LogP contribution in [0.1, 0.15) is 11.3 Å². The molecule has 0 saturated carbocycles. The Morgan fingerprint density at radius 1 is 1.46 bits per heavy atom. The van der Waals surface area contributed by atoms with E-state index in [1.165, 1.54) is 11.0 Å². The molecule has 5 nitrogen and oxygen atoms in total. The number of nitrogens with one attached hydrogen (secondary N) is 1. The lowest BCUT2D eigenvalue weighted by molar-refractivity contribution is 0.145. The maximum absolute atomic E-state index is 10.9. The first-order valence-corrected chi connectivity index (χ1v) is 3.86. The predicted molar refractivity (Wildman–Crippen MR) is 44.3 cm³/mol. The average Bonchev–Trinajstić information content (AvgIpc) is 2.46. The molecular weight excluding hydrogens is 172 g/mol. The molecule has 0 bridgehead atoms. The van der Waals surface area contributed by atoms with Crippen molar-refractivity contribution in [1.29, 1.82) is 0 Å². The number of nitrogens with zero attached hydrogens (tertiary/aromatic N) is 1. The number of pyridine rings is 1. The summed E-state index contributed by atoms with van der Waals surface area (Å²) in [5.41, 5.74) is 1.39. The van der Waals surface area contributed by atoms with Crippen LogP contribution in [0.3, 0.4) is 0 Å². The first-order chi connectivity index (χ1) is 6.16. The molecule has 0 aromatic carbocycles. The van der Waals surface area contributed by atoms with Gasteiger partial charge in [0.15, 0.2) is 0 Å². The molecule has 0 saturated heterocycles. The van der Waals surface area contributed by atoms with Crippen LogP contribution in [-0.4, -0.2) is 21.1 Å². The third kappa shape index (κ3) is 1.28. The molecule has 2 rings (SSSR count). The summed E-state index contributed by atoms with van der Waals surface area (Å²) in [6.45, 7) is 0.641. The zero-order valence-corrected chi connectivity index (χ0v) is 6.78. The molecule has 0 fully saturated rings. The fourth-order valence-corrected chi connectivity index (χ4v) is 1.42. The van der Waals surface area contributed by atoms with Crippen LogP contribution in [0, 0.1) is 0 Å². The molecule has 0 radical (unpaired) electrons. The smallest absolute Gasteiger partial charge is 0.407 e. The van der Waals surface area contributed by atoms with Gasteiger partial charge in [-0.15, -0.1) is 0 Å². The first kappa shape index (κ1) is 7.85. The molecule has 0 unspecified atom stereocenters. The van der Waals surface area contributed by atoms with Crippen molar-refractivity contribution >= 4 is 6.09 Å². The molecule has 1 aliphatic rings. The number of amides is 1. The van der Waals surface area contributed by atoms with Gasteiger partial charge in [-0.2, -0.15) is 0 Å². The summed E-state index contributed by atoms with van der Waals surface area (Å²) >= 11 is 0. The van der Waals surface area contributed by atoms with Gasteiger partial charge in [0.2, 0.25) is 5.56 Å². The Hall–Kier alpha value is -1.78. The minimum Gasteiger partial charge on any atom is -0.465 e. The lowest BCUT2D eigenvalue weighted by Crippen LogP contribution is -2.22. The zero-order valence-electron chi connectivity index (χ0n) is 6.78. The number of H-pyrrole nitrogens is 1. The summed E-state index contributed by atoms with van der Waals surface area (Å²) in [5, 5.41) is 8.69. The first-order valence-electron chi connectivity index (χ1n) is 3.86. The lowest BCUT2D eigenvalue weighted by atomic mass is 10.2. The molecule has 13 heavy (non-hydrogen) atoms. The second-order valence-electron chi connectivity index (χ2n) is 2.97. The molecule has 1 amide bonds. The van der Waals surface area contributed by atoms with Crippen molar-refractivity contribution in [1.82, 2.24) is 9.88 Å². The highest BCUT2D eigenvalue weighted by molar-refractivity contribution is 5.66. The van der Waals surface area contributed by atoms with E-state index in [1.54, 1.807) is 6.07 Å². The fraction of sp³-hybridized carbons (Fsp3) is 0.250. The number of rotatable bonds is 0. The van der Waals surface area contributed by atoms with E-state index in [2.05, 4.69) is 4.98 Å². The van der Waals surface area contributed by atoms with Crippen molar-refractivity contribution in [2.24, 2.45) is 0 Å². The molecule has 0 atom stereocenters. The van der Waals surface area contributed by atoms with E-state index < -0.39 is 6.09 Å². The summed E-state index contributed by atoms with van der Waals surface area (Å²) in [7, 11) is 0. The molecule has 68 valence electrons. The maximum atomic E-state index is 10.9. The van der Waals surface area contributed by atoms with Gasteiger partial charge in [-0.05, 0) is 11.6 Å². The predicted octanol–water partition coefficient (Wildman–Crippen LogP) is 0.369. The van der Waals surface area contributed by atoms with Crippen molar-refractivity contribution in [3.8, 4) is 0 Å². The van der Waals surface area contributed by atoms with Crippen LogP contribution in [0.2, 0.25) is 0 Å². The van der Waals surface area contributed by atoms with E-state index in [-0.39, 0.29) is 12.1 Å². The summed E-state index contributed by atoms with van der Waals surface area (Å²) in [6.07, 6.45) is -0.961. The van der Waals surface area contributed by atoms with Gasteiger partial charge in [-0.3, -0.25) is 9.69 Å². The van der Waals surface area contributed by atoms with Crippen LogP contribution >= 0.6 is 0 Å². The molecule has 1 aromatic heterocycles. The third-order valence-electron chi connectivity index (χ3n) is 2.08. The second kappa shape index (κ2) is 2.62. The molecule has 1 aliphatic heterocycles. The summed E-state index contributed by atoms with van der Waals surface area (Å²) in [6, 6.07) is 3.07. The molecule has 2 heterocycles. The van der Waals surface area contributed by atoms with Gasteiger partial charge >= 0.3 is 6.09 Å². The SMILES string of the molecule is O=C(O)N1Cc2ccc(=O)[nH]c2C1. The van der Waals surface area contributed by atoms with Gasteiger partial charge < -0.3 is 10.1 Å². The Kier molecular flexibility index (Phi) is 1.58. The third-order valence-corrected chi connectivity index (χ3v) is 2.08. The molecule has 0 aliphatic carbocycles. The van der Waals surface area contributed by atoms with Crippen LogP contribution in [-0.2, 0) is 13.1 Å². The molecule has 5 heteroatoms. The molecule has 2 N–H and O–H groups in total. The van der Waals surface area contributed by atoms with Gasteiger partial charge in [-0.25, -0.2) is 4.79 Å². The fourth-order valence-electron chi connectivity index (χ4n) is 1.42. The Balaban J connectivity index is 2.35. The quantitative estimate of drug-likeness (QED) is 0.605. The Bertz CT molecular complexity index is 410. The number of carbonyl (C=O) groups is 1. The molecular formula is C8H8N2O3. The number of carboxylic acid groups (broad SMARTS) is 1. The molecule has 0 spiro atoms. The van der Waals surface area contributed by atoms with Gasteiger partial charge in [0, 0.05) is 11.8 Å². The summed E-state index contributed by atoms with van der Waals surface area (Å²) < 4.78 is 0. The largest absolute Gasteiger partial charge is 0.465 e. The van der Waals surface area contributed by atoms with E-state index in [9.17, 15) is 9.59 Å². The van der Waals surface area contributed by atoms with Crippen molar-refractivity contribution in [2.45, 2.75) is 13.1 Å². The maximum Gasteiger partial charge on any atom is 0.407 e. The monoisotopic (exact) mass is 180 g/mol. The Labute approximate surface area is 73.6 Å². The number of aromatic amines is 1. The number of hydrogen-bond donors (Lipinski definition) is 2.